The highest BCUT2D eigenvalue weighted by atomic mass is 16.2. The molecule has 1 atom stereocenters. The molecule has 0 saturated carbocycles. The molecule has 6 nitrogen and oxygen atoms in total. The van der Waals surface area contributed by atoms with Gasteiger partial charge in [0.05, 0.1) is 0 Å². The Morgan fingerprint density at radius 3 is 2.30 bits per heavy atom. The number of likely N-dealkylation sites (N-methyl/N-ethyl adjacent to an activating group) is 1. The van der Waals surface area contributed by atoms with Gasteiger partial charge in [0.2, 0.25) is 5.91 Å². The van der Waals surface area contributed by atoms with E-state index in [2.05, 4.69) is 20.9 Å². The van der Waals surface area contributed by atoms with Gasteiger partial charge in [-0.15, -0.1) is 0 Å². The van der Waals surface area contributed by atoms with E-state index in [-0.39, 0.29) is 17.7 Å². The average molecular weight is 278 g/mol. The van der Waals surface area contributed by atoms with Crippen molar-refractivity contribution in [3.63, 3.8) is 0 Å². The number of carbonyl (C=O) groups excluding carboxylic acids is 2. The number of hydrogen-bond donors (Lipinski definition) is 3. The first-order valence-corrected chi connectivity index (χ1v) is 6.61. The lowest BCUT2D eigenvalue weighted by Gasteiger charge is -2.14. The summed E-state index contributed by atoms with van der Waals surface area (Å²) < 4.78 is 0. The van der Waals surface area contributed by atoms with Crippen LogP contribution in [0.2, 0.25) is 0 Å². The molecule has 0 aliphatic heterocycles. The molecule has 2 amide bonds. The largest absolute Gasteiger partial charge is 0.373 e. The van der Waals surface area contributed by atoms with Gasteiger partial charge < -0.3 is 16.0 Å². The molecule has 0 aromatic carbocycles. The summed E-state index contributed by atoms with van der Waals surface area (Å²) in [6.45, 7) is 5.66. The maximum Gasteiger partial charge on any atom is 0.252 e. The number of carbonyl (C=O) groups is 2. The number of pyridine rings is 1. The summed E-state index contributed by atoms with van der Waals surface area (Å²) in [5.74, 6) is 0.326. The van der Waals surface area contributed by atoms with E-state index in [0.29, 0.717) is 11.4 Å². The molecule has 3 N–H and O–H groups in total. The Hall–Kier alpha value is -2.11. The zero-order valence-corrected chi connectivity index (χ0v) is 12.6. The summed E-state index contributed by atoms with van der Waals surface area (Å²) in [6.07, 6.45) is 0. The van der Waals surface area contributed by atoms with E-state index >= 15 is 0 Å². The highest BCUT2D eigenvalue weighted by molar-refractivity contribution is 5.98. The zero-order chi connectivity index (χ0) is 15.3. The SMILES string of the molecule is CNC(=O)C(C)NC(=O)c1cc(NC)nc(C(C)C)c1. The number of rotatable bonds is 5. The molecule has 20 heavy (non-hydrogen) atoms. The van der Waals surface area contributed by atoms with Crippen LogP contribution in [0.1, 0.15) is 42.7 Å². The Bertz CT molecular complexity index is 500. The third kappa shape index (κ3) is 3.94. The van der Waals surface area contributed by atoms with Crippen molar-refractivity contribution in [1.82, 2.24) is 15.6 Å². The fourth-order valence-electron chi connectivity index (χ4n) is 1.67. The Labute approximate surface area is 119 Å². The molecule has 0 aliphatic carbocycles. The maximum atomic E-state index is 12.2. The van der Waals surface area contributed by atoms with E-state index in [4.69, 9.17) is 0 Å². The monoisotopic (exact) mass is 278 g/mol. The molecule has 0 saturated heterocycles. The van der Waals surface area contributed by atoms with E-state index < -0.39 is 6.04 Å². The number of nitrogens with zero attached hydrogens (tertiary/aromatic N) is 1. The van der Waals surface area contributed by atoms with Gasteiger partial charge in [-0.25, -0.2) is 4.98 Å². The highest BCUT2D eigenvalue weighted by Gasteiger charge is 2.17. The average Bonchev–Trinajstić information content (AvgIpc) is 2.45. The first kappa shape index (κ1) is 15.9. The van der Waals surface area contributed by atoms with Crippen molar-refractivity contribution in [3.05, 3.63) is 23.4 Å². The molecule has 1 aromatic rings. The summed E-state index contributed by atoms with van der Waals surface area (Å²) in [6, 6.07) is 2.83. The van der Waals surface area contributed by atoms with Crippen molar-refractivity contribution in [1.29, 1.82) is 0 Å². The van der Waals surface area contributed by atoms with Crippen molar-refractivity contribution in [3.8, 4) is 0 Å². The van der Waals surface area contributed by atoms with Gasteiger partial charge in [-0.3, -0.25) is 9.59 Å². The summed E-state index contributed by atoms with van der Waals surface area (Å²) >= 11 is 0. The van der Waals surface area contributed by atoms with Crippen molar-refractivity contribution in [2.45, 2.75) is 32.7 Å². The molecule has 0 radical (unpaired) electrons. The Morgan fingerprint density at radius 2 is 1.80 bits per heavy atom. The molecule has 110 valence electrons. The Morgan fingerprint density at radius 1 is 1.15 bits per heavy atom. The van der Waals surface area contributed by atoms with E-state index in [1.54, 1.807) is 26.1 Å². The second-order valence-electron chi connectivity index (χ2n) is 4.88. The van der Waals surface area contributed by atoms with Gasteiger partial charge in [-0.2, -0.15) is 0 Å². The first-order chi connectivity index (χ1) is 9.38. The van der Waals surface area contributed by atoms with Crippen LogP contribution in [0.15, 0.2) is 12.1 Å². The standard InChI is InChI=1S/C14H22N4O2/c1-8(2)11-6-10(7-12(15-4)18-11)14(20)17-9(3)13(19)16-5/h6-9H,1-5H3,(H,15,18)(H,16,19)(H,17,20). The number of anilines is 1. The fraction of sp³-hybridized carbons (Fsp3) is 0.500. The van der Waals surface area contributed by atoms with Gasteiger partial charge in [-0.1, -0.05) is 13.8 Å². The van der Waals surface area contributed by atoms with Crippen LogP contribution in [-0.4, -0.2) is 36.9 Å². The Balaban J connectivity index is 2.97. The number of amides is 2. The van der Waals surface area contributed by atoms with Gasteiger partial charge in [0.25, 0.3) is 5.91 Å². The molecule has 0 bridgehead atoms. The van der Waals surface area contributed by atoms with Crippen LogP contribution in [0.5, 0.6) is 0 Å². The summed E-state index contributed by atoms with van der Waals surface area (Å²) in [5.41, 5.74) is 1.32. The van der Waals surface area contributed by atoms with Crippen molar-refractivity contribution < 1.29 is 9.59 Å². The lowest BCUT2D eigenvalue weighted by atomic mass is 10.1. The third-order valence-corrected chi connectivity index (χ3v) is 2.94. The van der Waals surface area contributed by atoms with Crippen molar-refractivity contribution in [2.75, 3.05) is 19.4 Å². The predicted octanol–water partition coefficient (Wildman–Crippen LogP) is 1.11. The van der Waals surface area contributed by atoms with Crippen LogP contribution < -0.4 is 16.0 Å². The van der Waals surface area contributed by atoms with Gasteiger partial charge >= 0.3 is 0 Å². The quantitative estimate of drug-likeness (QED) is 0.753. The van der Waals surface area contributed by atoms with Crippen LogP contribution in [-0.2, 0) is 4.79 Å². The predicted molar refractivity (Wildman–Crippen MR) is 78.9 cm³/mol. The third-order valence-electron chi connectivity index (χ3n) is 2.94. The fourth-order valence-corrected chi connectivity index (χ4v) is 1.67. The molecule has 1 rings (SSSR count). The van der Waals surface area contributed by atoms with Crippen LogP contribution in [0.4, 0.5) is 5.82 Å². The zero-order valence-electron chi connectivity index (χ0n) is 12.6. The molecular weight excluding hydrogens is 256 g/mol. The second-order valence-corrected chi connectivity index (χ2v) is 4.88. The molecule has 0 aliphatic rings. The van der Waals surface area contributed by atoms with Crippen molar-refractivity contribution in [2.24, 2.45) is 0 Å². The highest BCUT2D eigenvalue weighted by Crippen LogP contribution is 2.17. The molecule has 1 unspecified atom stereocenters. The summed E-state index contributed by atoms with van der Waals surface area (Å²) in [4.78, 5) is 28.0. The first-order valence-electron chi connectivity index (χ1n) is 6.61. The smallest absolute Gasteiger partial charge is 0.252 e. The molecule has 6 heteroatoms. The normalized spacial score (nSPS) is 11.9. The lowest BCUT2D eigenvalue weighted by Crippen LogP contribution is -2.43. The van der Waals surface area contributed by atoms with E-state index in [1.807, 2.05) is 13.8 Å². The minimum atomic E-state index is -0.582. The Kier molecular flexibility index (Phi) is 5.49. The van der Waals surface area contributed by atoms with Gasteiger partial charge in [0, 0.05) is 25.4 Å². The van der Waals surface area contributed by atoms with Crippen LogP contribution in [0, 0.1) is 0 Å². The van der Waals surface area contributed by atoms with E-state index in [9.17, 15) is 9.59 Å². The molecular formula is C14H22N4O2. The second kappa shape index (κ2) is 6.88. The molecule has 1 heterocycles. The summed E-state index contributed by atoms with van der Waals surface area (Å²) in [7, 11) is 3.29. The van der Waals surface area contributed by atoms with Crippen LogP contribution in [0.3, 0.4) is 0 Å². The number of nitrogens with one attached hydrogen (secondary N) is 3. The van der Waals surface area contributed by atoms with Crippen molar-refractivity contribution >= 4 is 17.6 Å². The topological polar surface area (TPSA) is 83.1 Å². The van der Waals surface area contributed by atoms with Gasteiger partial charge in [0.15, 0.2) is 0 Å². The molecule has 0 fully saturated rings. The van der Waals surface area contributed by atoms with Crippen LogP contribution in [0.25, 0.3) is 0 Å². The maximum absolute atomic E-state index is 12.2. The number of hydrogen-bond acceptors (Lipinski definition) is 4. The molecule has 0 spiro atoms. The lowest BCUT2D eigenvalue weighted by molar-refractivity contribution is -0.122. The van der Waals surface area contributed by atoms with Gasteiger partial charge in [0.1, 0.15) is 11.9 Å². The molecule has 1 aromatic heterocycles. The van der Waals surface area contributed by atoms with Crippen LogP contribution >= 0.6 is 0 Å². The summed E-state index contributed by atoms with van der Waals surface area (Å²) in [5, 5.41) is 8.09. The van der Waals surface area contributed by atoms with E-state index in [1.165, 1.54) is 7.05 Å². The minimum absolute atomic E-state index is 0.214. The van der Waals surface area contributed by atoms with E-state index in [0.717, 1.165) is 5.69 Å². The number of aromatic nitrogens is 1. The minimum Gasteiger partial charge on any atom is -0.373 e. The van der Waals surface area contributed by atoms with Gasteiger partial charge in [-0.05, 0) is 25.0 Å².